The fourth-order valence-corrected chi connectivity index (χ4v) is 3.80. The number of hydrogen-bond acceptors (Lipinski definition) is 4. The maximum atomic E-state index is 13.8. The third-order valence-electron chi connectivity index (χ3n) is 5.46. The summed E-state index contributed by atoms with van der Waals surface area (Å²) in [7, 11) is 0. The number of nitrogens with zero attached hydrogens (tertiary/aromatic N) is 3. The molecule has 0 atom stereocenters. The fraction of sp³-hybridized carbons (Fsp3) is 0.304. The van der Waals surface area contributed by atoms with Gasteiger partial charge in [-0.2, -0.15) is 13.2 Å². The van der Waals surface area contributed by atoms with Crippen LogP contribution in [0, 0.1) is 11.6 Å². The second-order valence-electron chi connectivity index (χ2n) is 8.65. The molecule has 0 unspecified atom stereocenters. The summed E-state index contributed by atoms with van der Waals surface area (Å²) in [5.74, 6) is -1.29. The van der Waals surface area contributed by atoms with Crippen LogP contribution in [0.5, 0.6) is 0 Å². The monoisotopic (exact) mass is 479 g/mol. The summed E-state index contributed by atoms with van der Waals surface area (Å²) in [6, 6.07) is 8.07. The summed E-state index contributed by atoms with van der Waals surface area (Å²) >= 11 is 0. The molecule has 0 aliphatic carbocycles. The Balaban J connectivity index is 1.77. The smallest absolute Gasteiger partial charge is 0.340 e. The van der Waals surface area contributed by atoms with Gasteiger partial charge in [0, 0.05) is 24.3 Å². The molecule has 1 aliphatic rings. The number of anilines is 2. The summed E-state index contributed by atoms with van der Waals surface area (Å²) in [6.07, 6.45) is -4.87. The molecule has 0 fully saturated rings. The maximum absolute atomic E-state index is 13.8. The Morgan fingerprint density at radius 3 is 2.35 bits per heavy atom. The molecule has 3 aromatic rings. The van der Waals surface area contributed by atoms with E-state index in [9.17, 15) is 26.7 Å². The number of nitrogens with one attached hydrogen (secondary N) is 1. The fourth-order valence-electron chi connectivity index (χ4n) is 3.80. The van der Waals surface area contributed by atoms with E-state index in [2.05, 4.69) is 10.3 Å². The molecule has 0 saturated carbocycles. The van der Waals surface area contributed by atoms with Gasteiger partial charge in [-0.3, -0.25) is 4.79 Å². The van der Waals surface area contributed by atoms with Gasteiger partial charge in [0.2, 0.25) is 5.91 Å². The van der Waals surface area contributed by atoms with Gasteiger partial charge in [-0.15, -0.1) is 0 Å². The van der Waals surface area contributed by atoms with E-state index in [4.69, 9.17) is 5.73 Å². The molecule has 0 bridgehead atoms. The number of nitrogens with two attached hydrogens (primary N) is 1. The molecule has 1 amide bonds. The number of aromatic nitrogens is 2. The van der Waals surface area contributed by atoms with Crippen LogP contribution in [0.25, 0.3) is 11.3 Å². The highest BCUT2D eigenvalue weighted by molar-refractivity contribution is 5.85. The standard InChI is InChI=1S/C23H22F5N5O/c1-22(2,29)21(34)32-9-10-33-18(12-32)31-19(13-3-5-14(24)6-4-13)20(33)30-15-7-8-17(25)16(11-15)23(26,27)28/h3-8,11,30H,9-10,12,29H2,1-2H3. The van der Waals surface area contributed by atoms with Gasteiger partial charge in [0.15, 0.2) is 0 Å². The van der Waals surface area contributed by atoms with Gasteiger partial charge < -0.3 is 20.5 Å². The first-order valence-electron chi connectivity index (χ1n) is 10.4. The highest BCUT2D eigenvalue weighted by Gasteiger charge is 2.35. The average Bonchev–Trinajstić information content (AvgIpc) is 3.11. The van der Waals surface area contributed by atoms with Crippen LogP contribution in [0.2, 0.25) is 0 Å². The van der Waals surface area contributed by atoms with Crippen LogP contribution in [0.15, 0.2) is 42.5 Å². The van der Waals surface area contributed by atoms with Gasteiger partial charge in [-0.25, -0.2) is 13.8 Å². The van der Waals surface area contributed by atoms with Crippen LogP contribution < -0.4 is 11.1 Å². The van der Waals surface area contributed by atoms with E-state index in [1.54, 1.807) is 23.3 Å². The molecular weight excluding hydrogens is 457 g/mol. The average molecular weight is 479 g/mol. The van der Waals surface area contributed by atoms with Crippen LogP contribution >= 0.6 is 0 Å². The van der Waals surface area contributed by atoms with Crippen molar-refractivity contribution in [2.75, 3.05) is 11.9 Å². The van der Waals surface area contributed by atoms with Crippen LogP contribution in [0.3, 0.4) is 0 Å². The number of rotatable bonds is 4. The molecule has 1 aliphatic heterocycles. The molecule has 2 heterocycles. The van der Waals surface area contributed by atoms with Crippen LogP contribution in [0.1, 0.15) is 25.2 Å². The molecule has 1 aromatic heterocycles. The third kappa shape index (κ3) is 4.60. The summed E-state index contributed by atoms with van der Waals surface area (Å²) in [5.41, 5.74) is 4.33. The Morgan fingerprint density at radius 2 is 1.74 bits per heavy atom. The first kappa shape index (κ1) is 23.7. The van der Waals surface area contributed by atoms with Gasteiger partial charge in [0.1, 0.15) is 29.0 Å². The van der Waals surface area contributed by atoms with E-state index in [0.717, 1.165) is 6.07 Å². The van der Waals surface area contributed by atoms with Crippen molar-refractivity contribution in [2.45, 2.75) is 38.7 Å². The van der Waals surface area contributed by atoms with Gasteiger partial charge in [-0.05, 0) is 56.3 Å². The van der Waals surface area contributed by atoms with E-state index >= 15 is 0 Å². The van der Waals surface area contributed by atoms with Crippen LogP contribution in [-0.2, 0) is 24.1 Å². The summed E-state index contributed by atoms with van der Waals surface area (Å²) in [5, 5.41) is 2.92. The predicted molar refractivity (Wildman–Crippen MR) is 116 cm³/mol. The summed E-state index contributed by atoms with van der Waals surface area (Å²) in [4.78, 5) is 18.8. The zero-order chi connectivity index (χ0) is 24.8. The molecule has 34 heavy (non-hydrogen) atoms. The van der Waals surface area contributed by atoms with Crippen molar-refractivity contribution >= 4 is 17.4 Å². The number of hydrogen-bond donors (Lipinski definition) is 2. The number of carbonyl (C=O) groups is 1. The zero-order valence-electron chi connectivity index (χ0n) is 18.4. The van der Waals surface area contributed by atoms with Crippen molar-refractivity contribution in [1.29, 1.82) is 0 Å². The lowest BCUT2D eigenvalue weighted by Gasteiger charge is -2.33. The molecule has 0 spiro atoms. The molecule has 4 rings (SSSR count). The first-order chi connectivity index (χ1) is 15.8. The summed E-state index contributed by atoms with van der Waals surface area (Å²) in [6.45, 7) is 3.92. The lowest BCUT2D eigenvalue weighted by Crippen LogP contribution is -2.52. The second kappa shape index (κ2) is 8.39. The minimum Gasteiger partial charge on any atom is -0.340 e. The SMILES string of the molecule is CC(C)(N)C(=O)N1CCn2c(nc(-c3ccc(F)cc3)c2Nc2ccc(F)c(C(F)(F)F)c2)C1. The summed E-state index contributed by atoms with van der Waals surface area (Å²) < 4.78 is 68.6. The van der Waals surface area contributed by atoms with E-state index in [1.165, 1.54) is 30.3 Å². The molecule has 3 N–H and O–H groups in total. The van der Waals surface area contributed by atoms with Crippen molar-refractivity contribution < 1.29 is 26.7 Å². The highest BCUT2D eigenvalue weighted by Crippen LogP contribution is 2.37. The number of halogens is 5. The lowest BCUT2D eigenvalue weighted by molar-refractivity contribution is -0.140. The molecule has 11 heteroatoms. The van der Waals surface area contributed by atoms with E-state index in [-0.39, 0.29) is 18.1 Å². The zero-order valence-corrected chi connectivity index (χ0v) is 18.4. The normalized spacial score (nSPS) is 14.2. The molecule has 0 radical (unpaired) electrons. The quantitative estimate of drug-likeness (QED) is 0.534. The number of alkyl halides is 3. The number of imidazole rings is 1. The Labute approximate surface area is 192 Å². The highest BCUT2D eigenvalue weighted by atomic mass is 19.4. The molecule has 2 aromatic carbocycles. The number of benzene rings is 2. The number of amides is 1. The molecule has 0 saturated heterocycles. The van der Waals surface area contributed by atoms with Crippen molar-refractivity contribution in [1.82, 2.24) is 14.5 Å². The van der Waals surface area contributed by atoms with Crippen LogP contribution in [-0.4, -0.2) is 32.4 Å². The van der Waals surface area contributed by atoms with E-state index < -0.39 is 28.9 Å². The number of fused-ring (bicyclic) bond motifs is 1. The van der Waals surface area contributed by atoms with Crippen LogP contribution in [0.4, 0.5) is 33.5 Å². The van der Waals surface area contributed by atoms with E-state index in [0.29, 0.717) is 42.1 Å². The maximum Gasteiger partial charge on any atom is 0.419 e. The molecule has 180 valence electrons. The van der Waals surface area contributed by atoms with Crippen molar-refractivity contribution in [3.63, 3.8) is 0 Å². The third-order valence-corrected chi connectivity index (χ3v) is 5.46. The topological polar surface area (TPSA) is 76.2 Å². The lowest BCUT2D eigenvalue weighted by atomic mass is 10.1. The van der Waals surface area contributed by atoms with Gasteiger partial charge in [0.05, 0.1) is 17.6 Å². The predicted octanol–water partition coefficient (Wildman–Crippen LogP) is 4.67. The Bertz CT molecular complexity index is 1230. The largest absolute Gasteiger partial charge is 0.419 e. The van der Waals surface area contributed by atoms with E-state index in [1.807, 2.05) is 0 Å². The second-order valence-corrected chi connectivity index (χ2v) is 8.65. The van der Waals surface area contributed by atoms with Gasteiger partial charge >= 0.3 is 6.18 Å². The first-order valence-corrected chi connectivity index (χ1v) is 10.4. The van der Waals surface area contributed by atoms with Gasteiger partial charge in [-0.1, -0.05) is 0 Å². The molecule has 6 nitrogen and oxygen atoms in total. The van der Waals surface area contributed by atoms with Crippen molar-refractivity contribution in [3.05, 3.63) is 65.5 Å². The molecular formula is C23H22F5N5O. The Hall–Kier alpha value is -3.47. The minimum atomic E-state index is -4.87. The number of carbonyl (C=O) groups excluding carboxylic acids is 1. The Kier molecular flexibility index (Phi) is 5.84. The van der Waals surface area contributed by atoms with Gasteiger partial charge in [0.25, 0.3) is 0 Å². The minimum absolute atomic E-state index is 0.00128. The Morgan fingerprint density at radius 1 is 1.06 bits per heavy atom. The van der Waals surface area contributed by atoms with Crippen molar-refractivity contribution in [3.8, 4) is 11.3 Å². The van der Waals surface area contributed by atoms with Crippen molar-refractivity contribution in [2.24, 2.45) is 5.73 Å².